The van der Waals surface area contributed by atoms with Crippen molar-refractivity contribution in [3.05, 3.63) is 108 Å². The van der Waals surface area contributed by atoms with Gasteiger partial charge in [0.05, 0.1) is 34.0 Å². The number of carbonyl (C=O) groups is 2. The van der Waals surface area contributed by atoms with Crippen molar-refractivity contribution in [3.63, 3.8) is 0 Å². The van der Waals surface area contributed by atoms with Crippen LogP contribution in [0.15, 0.2) is 91.0 Å². The third-order valence-electron chi connectivity index (χ3n) is 9.23. The van der Waals surface area contributed by atoms with Crippen LogP contribution in [0.4, 0.5) is 0 Å². The summed E-state index contributed by atoms with van der Waals surface area (Å²) in [7, 11) is 4.67. The van der Waals surface area contributed by atoms with E-state index in [-0.39, 0.29) is 24.4 Å². The number of hydrogen-bond acceptors (Lipinski definition) is 7. The molecular weight excluding hydrogens is 606 g/mol. The van der Waals surface area contributed by atoms with Crippen molar-refractivity contribution in [2.75, 3.05) is 41.0 Å². The fourth-order valence-corrected chi connectivity index (χ4v) is 6.40. The monoisotopic (exact) mass is 657 g/mol. The molecule has 8 nitrogen and oxygen atoms in total. The summed E-state index contributed by atoms with van der Waals surface area (Å²) in [5.41, 5.74) is 1.75. The van der Waals surface area contributed by atoms with Gasteiger partial charge in [-0.15, -0.1) is 0 Å². The average Bonchev–Trinajstić information content (AvgIpc) is 3.64. The number of aliphatic hydroxyl groups is 1. The van der Waals surface area contributed by atoms with Crippen LogP contribution < -0.4 is 9.47 Å². The second-order valence-corrected chi connectivity index (χ2v) is 12.4. The lowest BCUT2D eigenvalue weighted by atomic mass is 9.80. The zero-order chi connectivity index (χ0) is 34.2. The average molecular weight is 658 g/mol. The van der Waals surface area contributed by atoms with Gasteiger partial charge in [0.15, 0.2) is 0 Å². The third kappa shape index (κ3) is 9.94. The van der Waals surface area contributed by atoms with Gasteiger partial charge < -0.3 is 29.0 Å². The number of rotatable bonds is 19. The van der Waals surface area contributed by atoms with Crippen LogP contribution in [0.3, 0.4) is 0 Å². The van der Waals surface area contributed by atoms with Gasteiger partial charge in [-0.1, -0.05) is 86.4 Å². The van der Waals surface area contributed by atoms with Crippen LogP contribution in [0.5, 0.6) is 11.5 Å². The summed E-state index contributed by atoms with van der Waals surface area (Å²) in [5.74, 6) is 1.27. The Morgan fingerprint density at radius 2 is 1.38 bits per heavy atom. The topological polar surface area (TPSA) is 94.5 Å². The number of ether oxygens (including phenoxy) is 4. The van der Waals surface area contributed by atoms with Gasteiger partial charge >= 0.3 is 5.97 Å². The first kappa shape index (κ1) is 36.7. The van der Waals surface area contributed by atoms with E-state index < -0.39 is 11.7 Å². The molecule has 0 aromatic heterocycles. The van der Waals surface area contributed by atoms with E-state index in [1.807, 2.05) is 89.8 Å². The lowest BCUT2D eigenvalue weighted by Gasteiger charge is -2.37. The molecule has 1 fully saturated rings. The summed E-state index contributed by atoms with van der Waals surface area (Å²) in [6.07, 6.45) is 11.0. The first-order valence-electron chi connectivity index (χ1n) is 17.1. The summed E-state index contributed by atoms with van der Waals surface area (Å²) in [4.78, 5) is 26.0. The van der Waals surface area contributed by atoms with Crippen molar-refractivity contribution >= 4 is 11.9 Å². The number of esters is 1. The summed E-state index contributed by atoms with van der Waals surface area (Å²) in [5, 5.41) is 11.5. The number of hydrogen-bond donors (Lipinski definition) is 1. The number of likely N-dealkylation sites (tertiary alicyclic amines) is 1. The Kier molecular flexibility index (Phi) is 14.5. The van der Waals surface area contributed by atoms with Crippen molar-refractivity contribution in [2.24, 2.45) is 5.92 Å². The van der Waals surface area contributed by atoms with Crippen LogP contribution in [-0.2, 0) is 24.7 Å². The number of carbonyl (C=O) groups excluding carboxylic acids is 2. The molecule has 1 amide bonds. The minimum atomic E-state index is -1.01. The molecule has 258 valence electrons. The van der Waals surface area contributed by atoms with Gasteiger partial charge in [0.25, 0.3) is 0 Å². The molecule has 0 radical (unpaired) electrons. The highest BCUT2D eigenvalue weighted by molar-refractivity contribution is 5.81. The molecule has 2 unspecified atom stereocenters. The lowest BCUT2D eigenvalue weighted by Crippen LogP contribution is -2.38. The van der Waals surface area contributed by atoms with E-state index >= 15 is 0 Å². The molecule has 1 aliphatic heterocycles. The van der Waals surface area contributed by atoms with Crippen LogP contribution in [0.1, 0.15) is 74.5 Å². The number of benzene rings is 3. The van der Waals surface area contributed by atoms with Gasteiger partial charge in [-0.2, -0.15) is 0 Å². The minimum Gasteiger partial charge on any atom is -0.497 e. The van der Waals surface area contributed by atoms with Crippen molar-refractivity contribution in [2.45, 2.75) is 69.5 Å². The smallest absolute Gasteiger partial charge is 0.330 e. The Hall–Kier alpha value is -4.14. The predicted octanol–water partition coefficient (Wildman–Crippen LogP) is 7.07. The summed E-state index contributed by atoms with van der Waals surface area (Å²) in [6.45, 7) is 1.28. The maximum atomic E-state index is 13.0. The lowest BCUT2D eigenvalue weighted by molar-refractivity contribution is -0.135. The molecule has 3 aromatic carbocycles. The van der Waals surface area contributed by atoms with E-state index in [1.165, 1.54) is 13.2 Å². The fraction of sp³-hybridized carbons (Fsp3) is 0.450. The number of methoxy groups -OCH3 is 3. The minimum absolute atomic E-state index is 0.0672. The molecule has 1 saturated heterocycles. The second-order valence-electron chi connectivity index (χ2n) is 12.4. The van der Waals surface area contributed by atoms with E-state index in [9.17, 15) is 14.7 Å². The Morgan fingerprint density at radius 1 is 0.812 bits per heavy atom. The molecule has 48 heavy (non-hydrogen) atoms. The van der Waals surface area contributed by atoms with Crippen molar-refractivity contribution < 1.29 is 33.6 Å². The van der Waals surface area contributed by atoms with Crippen LogP contribution in [0.2, 0.25) is 0 Å². The van der Waals surface area contributed by atoms with E-state index in [0.29, 0.717) is 19.5 Å². The number of unbranched alkanes of at least 4 members (excludes halogenated alkanes) is 6. The molecule has 8 heteroatoms. The molecule has 0 spiro atoms. The van der Waals surface area contributed by atoms with Gasteiger partial charge in [-0.05, 0) is 66.6 Å². The van der Waals surface area contributed by atoms with Gasteiger partial charge in [0.1, 0.15) is 17.1 Å². The zero-order valence-electron chi connectivity index (χ0n) is 28.6. The largest absolute Gasteiger partial charge is 0.497 e. The number of aliphatic hydroxyl groups excluding tert-OH is 1. The SMILES string of the molecule is COC(=O)C=CCCCCCCCCC(=O)N1CCC(C(O)COC(c2ccccc2)(c2ccc(OC)cc2)c2ccc(OC)cc2)C1. The number of allylic oxidation sites excluding steroid dienone is 1. The van der Waals surface area contributed by atoms with Crippen LogP contribution >= 0.6 is 0 Å². The molecule has 0 aliphatic carbocycles. The summed E-state index contributed by atoms with van der Waals surface area (Å²) >= 11 is 0. The predicted molar refractivity (Wildman–Crippen MR) is 187 cm³/mol. The normalized spacial score (nSPS) is 15.4. The van der Waals surface area contributed by atoms with E-state index in [2.05, 4.69) is 4.74 Å². The fourth-order valence-electron chi connectivity index (χ4n) is 6.40. The Morgan fingerprint density at radius 3 is 1.96 bits per heavy atom. The molecule has 2 atom stereocenters. The molecular formula is C40H51NO7. The molecule has 1 aliphatic rings. The van der Waals surface area contributed by atoms with Crippen molar-refractivity contribution in [1.82, 2.24) is 4.90 Å². The van der Waals surface area contributed by atoms with Crippen LogP contribution in [0, 0.1) is 5.92 Å². The van der Waals surface area contributed by atoms with Gasteiger partial charge in [0, 0.05) is 31.5 Å². The summed E-state index contributed by atoms with van der Waals surface area (Å²) < 4.78 is 22.4. The zero-order valence-corrected chi connectivity index (χ0v) is 28.6. The standard InChI is InChI=1S/C40H51NO7/c1-45-35-23-19-33(20-24-35)40(32-15-11-10-12-16-32,34-21-25-36(46-2)26-22-34)48-30-37(42)31-27-28-41(29-31)38(43)17-13-8-6-4-5-7-9-14-18-39(44)47-3/h10-12,14-16,18-26,31,37,42H,4-9,13,17,27-30H2,1-3H3. The van der Waals surface area contributed by atoms with E-state index in [1.54, 1.807) is 14.2 Å². The van der Waals surface area contributed by atoms with Gasteiger partial charge in [-0.25, -0.2) is 4.79 Å². The summed E-state index contributed by atoms with van der Waals surface area (Å²) in [6, 6.07) is 25.7. The van der Waals surface area contributed by atoms with Crippen LogP contribution in [-0.4, -0.2) is 69.0 Å². The van der Waals surface area contributed by atoms with E-state index in [4.69, 9.17) is 14.2 Å². The highest BCUT2D eigenvalue weighted by Crippen LogP contribution is 2.42. The highest BCUT2D eigenvalue weighted by Gasteiger charge is 2.40. The highest BCUT2D eigenvalue weighted by atomic mass is 16.5. The van der Waals surface area contributed by atoms with Gasteiger partial charge in [0.2, 0.25) is 5.91 Å². The quantitative estimate of drug-likeness (QED) is 0.0638. The second kappa shape index (κ2) is 19.0. The molecule has 3 aromatic rings. The van der Waals surface area contributed by atoms with Crippen molar-refractivity contribution in [1.29, 1.82) is 0 Å². The molecule has 0 bridgehead atoms. The Balaban J connectivity index is 1.34. The maximum absolute atomic E-state index is 13.0. The molecule has 4 rings (SSSR count). The maximum Gasteiger partial charge on any atom is 0.330 e. The Bertz CT molecular complexity index is 1370. The number of amides is 1. The van der Waals surface area contributed by atoms with Gasteiger partial charge in [-0.3, -0.25) is 4.79 Å². The molecule has 1 heterocycles. The molecule has 1 N–H and O–H groups in total. The first-order chi connectivity index (χ1) is 23.4. The Labute approximate surface area is 285 Å². The third-order valence-corrected chi connectivity index (χ3v) is 9.23. The number of nitrogens with zero attached hydrogens (tertiary/aromatic N) is 1. The van der Waals surface area contributed by atoms with Crippen molar-refractivity contribution in [3.8, 4) is 11.5 Å². The van der Waals surface area contributed by atoms with Crippen LogP contribution in [0.25, 0.3) is 0 Å². The first-order valence-corrected chi connectivity index (χ1v) is 17.1. The molecule has 0 saturated carbocycles. The van der Waals surface area contributed by atoms with E-state index in [0.717, 1.165) is 79.6 Å².